The van der Waals surface area contributed by atoms with Crippen molar-refractivity contribution in [1.82, 2.24) is 0 Å². The predicted octanol–water partition coefficient (Wildman–Crippen LogP) is 4.08. The highest BCUT2D eigenvalue weighted by Crippen LogP contribution is 2.43. The lowest BCUT2D eigenvalue weighted by molar-refractivity contribution is 0.00854. The molecule has 96 valence electrons. The normalized spacial score (nSPS) is 31.9. The van der Waals surface area contributed by atoms with Gasteiger partial charge >= 0.3 is 0 Å². The van der Waals surface area contributed by atoms with Crippen molar-refractivity contribution in [2.75, 3.05) is 0 Å². The predicted molar refractivity (Wildman–Crippen MR) is 72.8 cm³/mol. The maximum Gasteiger partial charge on any atom is 0.0825 e. The highest BCUT2D eigenvalue weighted by molar-refractivity contribution is 6.42. The minimum atomic E-state index is -0.656. The van der Waals surface area contributed by atoms with Crippen LogP contribution in [0.3, 0.4) is 0 Å². The SMILES string of the molecule is C[C@]1(O)CC[C@@](C#N)(c2ccc(Cl)c(Cl)c2)CC1. The summed E-state index contributed by atoms with van der Waals surface area (Å²) in [5.41, 5.74) is -0.303. The number of halogens is 2. The Hall–Kier alpha value is -0.750. The van der Waals surface area contributed by atoms with Crippen LogP contribution in [0.15, 0.2) is 18.2 Å². The van der Waals surface area contributed by atoms with E-state index >= 15 is 0 Å². The zero-order valence-corrected chi connectivity index (χ0v) is 11.7. The molecule has 2 nitrogen and oxygen atoms in total. The van der Waals surface area contributed by atoms with Crippen LogP contribution in [-0.2, 0) is 5.41 Å². The molecule has 1 aliphatic carbocycles. The zero-order chi connectivity index (χ0) is 13.4. The summed E-state index contributed by atoms with van der Waals surface area (Å²) in [6, 6.07) is 7.76. The van der Waals surface area contributed by atoms with Gasteiger partial charge in [-0.2, -0.15) is 5.26 Å². The Bertz CT molecular complexity index is 495. The summed E-state index contributed by atoms with van der Waals surface area (Å²) >= 11 is 11.9. The standard InChI is InChI=1S/C14H15Cl2NO/c1-13(18)4-6-14(9-17,7-5-13)10-2-3-11(15)12(16)8-10/h2-3,8,18H,4-7H2,1H3/t13-,14+. The van der Waals surface area contributed by atoms with Gasteiger partial charge in [0.25, 0.3) is 0 Å². The van der Waals surface area contributed by atoms with Crippen molar-refractivity contribution in [3.8, 4) is 6.07 Å². The van der Waals surface area contributed by atoms with Gasteiger partial charge in [-0.05, 0) is 50.3 Å². The van der Waals surface area contributed by atoms with Gasteiger partial charge in [-0.3, -0.25) is 0 Å². The molecule has 0 heterocycles. The largest absolute Gasteiger partial charge is 0.390 e. The fourth-order valence-electron chi connectivity index (χ4n) is 2.47. The third-order valence-electron chi connectivity index (χ3n) is 3.87. The number of rotatable bonds is 1. The monoisotopic (exact) mass is 283 g/mol. The molecular weight excluding hydrogens is 269 g/mol. The summed E-state index contributed by atoms with van der Waals surface area (Å²) in [4.78, 5) is 0. The maximum atomic E-state index is 9.99. The molecule has 0 unspecified atom stereocenters. The van der Waals surface area contributed by atoms with Gasteiger partial charge in [0, 0.05) is 0 Å². The van der Waals surface area contributed by atoms with Crippen LogP contribution in [0.2, 0.25) is 10.0 Å². The van der Waals surface area contributed by atoms with Gasteiger partial charge in [-0.15, -0.1) is 0 Å². The quantitative estimate of drug-likeness (QED) is 0.844. The Labute approximate surface area is 117 Å². The maximum absolute atomic E-state index is 9.99. The smallest absolute Gasteiger partial charge is 0.0825 e. The third-order valence-corrected chi connectivity index (χ3v) is 4.61. The van der Waals surface area contributed by atoms with Gasteiger partial charge < -0.3 is 5.11 Å². The fourth-order valence-corrected chi connectivity index (χ4v) is 2.77. The van der Waals surface area contributed by atoms with E-state index in [1.54, 1.807) is 12.1 Å². The lowest BCUT2D eigenvalue weighted by Crippen LogP contribution is -2.38. The molecule has 0 spiro atoms. The molecule has 1 aliphatic rings. The van der Waals surface area contributed by atoms with E-state index in [0.717, 1.165) is 5.56 Å². The van der Waals surface area contributed by atoms with Crippen molar-refractivity contribution >= 4 is 23.2 Å². The number of benzene rings is 1. The molecule has 2 rings (SSSR count). The minimum absolute atomic E-state index is 0.473. The first-order valence-corrected chi connectivity index (χ1v) is 6.73. The van der Waals surface area contributed by atoms with E-state index in [2.05, 4.69) is 6.07 Å². The van der Waals surface area contributed by atoms with Crippen molar-refractivity contribution in [1.29, 1.82) is 5.26 Å². The average Bonchev–Trinajstić information content (AvgIpc) is 2.34. The van der Waals surface area contributed by atoms with E-state index < -0.39 is 11.0 Å². The van der Waals surface area contributed by atoms with Gasteiger partial charge in [-0.1, -0.05) is 29.3 Å². The minimum Gasteiger partial charge on any atom is -0.390 e. The first-order chi connectivity index (χ1) is 8.38. The second-order valence-corrected chi connectivity index (χ2v) is 6.13. The molecule has 18 heavy (non-hydrogen) atoms. The Kier molecular flexibility index (Phi) is 3.60. The molecule has 1 saturated carbocycles. The zero-order valence-electron chi connectivity index (χ0n) is 10.2. The fraction of sp³-hybridized carbons (Fsp3) is 0.500. The Morgan fingerprint density at radius 2 is 1.78 bits per heavy atom. The summed E-state index contributed by atoms with van der Waals surface area (Å²) in [5, 5.41) is 20.5. The molecule has 0 radical (unpaired) electrons. The number of nitriles is 1. The van der Waals surface area contributed by atoms with E-state index in [0.29, 0.717) is 35.7 Å². The van der Waals surface area contributed by atoms with Crippen molar-refractivity contribution < 1.29 is 5.11 Å². The van der Waals surface area contributed by atoms with Crippen molar-refractivity contribution in [2.24, 2.45) is 0 Å². The number of nitrogens with zero attached hydrogens (tertiary/aromatic N) is 1. The molecule has 0 aliphatic heterocycles. The molecule has 0 atom stereocenters. The topological polar surface area (TPSA) is 44.0 Å². The van der Waals surface area contributed by atoms with Gasteiger partial charge in [-0.25, -0.2) is 0 Å². The van der Waals surface area contributed by atoms with E-state index in [1.165, 1.54) is 0 Å². The highest BCUT2D eigenvalue weighted by atomic mass is 35.5. The van der Waals surface area contributed by atoms with Crippen LogP contribution in [-0.4, -0.2) is 10.7 Å². The highest BCUT2D eigenvalue weighted by Gasteiger charge is 2.41. The average molecular weight is 284 g/mol. The van der Waals surface area contributed by atoms with Gasteiger partial charge in [0.05, 0.1) is 27.1 Å². The molecule has 1 fully saturated rings. The van der Waals surface area contributed by atoms with Gasteiger partial charge in [0.15, 0.2) is 0 Å². The van der Waals surface area contributed by atoms with Crippen LogP contribution in [0.5, 0.6) is 0 Å². The van der Waals surface area contributed by atoms with Crippen LogP contribution >= 0.6 is 23.2 Å². The molecular formula is C14H15Cl2NO. The van der Waals surface area contributed by atoms with E-state index in [-0.39, 0.29) is 0 Å². The molecule has 1 aromatic rings. The summed E-state index contributed by atoms with van der Waals surface area (Å²) < 4.78 is 0. The van der Waals surface area contributed by atoms with Gasteiger partial charge in [0.1, 0.15) is 0 Å². The van der Waals surface area contributed by atoms with Crippen LogP contribution in [0, 0.1) is 11.3 Å². The molecule has 0 saturated heterocycles. The summed E-state index contributed by atoms with van der Waals surface area (Å²) in [5.74, 6) is 0. The van der Waals surface area contributed by atoms with Crippen LogP contribution in [0.25, 0.3) is 0 Å². The summed E-state index contributed by atoms with van der Waals surface area (Å²) in [6.45, 7) is 1.82. The number of hydrogen-bond acceptors (Lipinski definition) is 2. The van der Waals surface area contributed by atoms with Gasteiger partial charge in [0.2, 0.25) is 0 Å². The van der Waals surface area contributed by atoms with Crippen LogP contribution < -0.4 is 0 Å². The first-order valence-electron chi connectivity index (χ1n) is 5.98. The van der Waals surface area contributed by atoms with E-state index in [1.807, 2.05) is 13.0 Å². The number of aliphatic hydroxyl groups is 1. The molecule has 4 heteroatoms. The van der Waals surface area contributed by atoms with Crippen molar-refractivity contribution in [2.45, 2.75) is 43.6 Å². The number of hydrogen-bond donors (Lipinski definition) is 1. The molecule has 0 amide bonds. The molecule has 1 N–H and O–H groups in total. The second kappa shape index (κ2) is 4.74. The summed E-state index contributed by atoms with van der Waals surface area (Å²) in [6.07, 6.45) is 2.55. The van der Waals surface area contributed by atoms with E-state index in [4.69, 9.17) is 23.2 Å². The van der Waals surface area contributed by atoms with Crippen molar-refractivity contribution in [3.63, 3.8) is 0 Å². The molecule has 0 aromatic heterocycles. The lowest BCUT2D eigenvalue weighted by atomic mass is 9.66. The van der Waals surface area contributed by atoms with Crippen LogP contribution in [0.1, 0.15) is 38.2 Å². The second-order valence-electron chi connectivity index (χ2n) is 5.32. The van der Waals surface area contributed by atoms with Crippen LogP contribution in [0.4, 0.5) is 0 Å². The van der Waals surface area contributed by atoms with E-state index in [9.17, 15) is 10.4 Å². The lowest BCUT2D eigenvalue weighted by Gasteiger charge is -2.38. The molecule has 0 bridgehead atoms. The van der Waals surface area contributed by atoms with Crippen molar-refractivity contribution in [3.05, 3.63) is 33.8 Å². The first kappa shape index (κ1) is 13.7. The third kappa shape index (κ3) is 2.49. The Morgan fingerprint density at radius 3 is 2.28 bits per heavy atom. The Morgan fingerprint density at radius 1 is 1.17 bits per heavy atom. The molecule has 1 aromatic carbocycles. The Balaban J connectivity index is 2.34. The summed E-state index contributed by atoms with van der Waals surface area (Å²) in [7, 11) is 0.